The summed E-state index contributed by atoms with van der Waals surface area (Å²) in [7, 11) is -2.47. The summed E-state index contributed by atoms with van der Waals surface area (Å²) in [5.74, 6) is -0.354. The highest BCUT2D eigenvalue weighted by Gasteiger charge is 2.19. The van der Waals surface area contributed by atoms with E-state index in [0.717, 1.165) is 0 Å². The van der Waals surface area contributed by atoms with Gasteiger partial charge < -0.3 is 9.57 Å². The number of methoxy groups -OCH3 is 1. The Bertz CT molecular complexity index is 786. The van der Waals surface area contributed by atoms with Crippen LogP contribution in [-0.2, 0) is 14.9 Å². The number of hydrogen-bond donors (Lipinski definition) is 1. The van der Waals surface area contributed by atoms with Crippen molar-refractivity contribution in [1.29, 1.82) is 0 Å². The molecular weight excluding hydrogens is 306 g/mol. The minimum Gasteiger partial charge on any atom is -0.497 e. The van der Waals surface area contributed by atoms with Gasteiger partial charge in [0.2, 0.25) is 0 Å². The number of ether oxygens (including phenoxy) is 1. The Kier molecular flexibility index (Phi) is 4.79. The molecule has 6 nitrogen and oxygen atoms in total. The highest BCUT2D eigenvalue weighted by Crippen LogP contribution is 2.15. The van der Waals surface area contributed by atoms with E-state index in [2.05, 4.69) is 4.84 Å². The zero-order valence-corrected chi connectivity index (χ0v) is 12.9. The molecule has 0 fully saturated rings. The van der Waals surface area contributed by atoms with Crippen LogP contribution in [0.15, 0.2) is 53.4 Å². The van der Waals surface area contributed by atoms with Crippen LogP contribution in [0.5, 0.6) is 5.75 Å². The summed E-state index contributed by atoms with van der Waals surface area (Å²) < 4.78 is 29.2. The van der Waals surface area contributed by atoms with Gasteiger partial charge in [0.1, 0.15) is 5.75 Å². The van der Waals surface area contributed by atoms with Crippen LogP contribution in [0.2, 0.25) is 0 Å². The minimum atomic E-state index is -3.93. The van der Waals surface area contributed by atoms with Crippen molar-refractivity contribution in [3.8, 4) is 5.75 Å². The van der Waals surface area contributed by atoms with E-state index in [1.807, 2.05) is 4.89 Å². The van der Waals surface area contributed by atoms with E-state index in [1.165, 1.54) is 25.3 Å². The van der Waals surface area contributed by atoms with Gasteiger partial charge in [0.05, 0.1) is 17.6 Å². The second-order valence-electron chi connectivity index (χ2n) is 4.47. The smallest absolute Gasteiger partial charge is 0.357 e. The molecule has 0 atom stereocenters. The van der Waals surface area contributed by atoms with E-state index in [9.17, 15) is 13.2 Å². The monoisotopic (exact) mass is 321 g/mol. The molecule has 2 aromatic carbocycles. The van der Waals surface area contributed by atoms with E-state index in [4.69, 9.17) is 4.74 Å². The molecule has 2 aromatic rings. The van der Waals surface area contributed by atoms with E-state index in [-0.39, 0.29) is 10.5 Å². The molecular formula is C15H15NO5S. The van der Waals surface area contributed by atoms with Crippen molar-refractivity contribution >= 4 is 16.0 Å². The van der Waals surface area contributed by atoms with Crippen LogP contribution in [0.1, 0.15) is 15.9 Å². The maximum absolute atomic E-state index is 12.1. The summed E-state index contributed by atoms with van der Waals surface area (Å²) in [4.78, 5) is 18.4. The first-order chi connectivity index (χ1) is 10.4. The van der Waals surface area contributed by atoms with Crippen molar-refractivity contribution < 1.29 is 22.8 Å². The van der Waals surface area contributed by atoms with Crippen molar-refractivity contribution in [2.75, 3.05) is 7.11 Å². The van der Waals surface area contributed by atoms with E-state index in [0.29, 0.717) is 11.3 Å². The summed E-state index contributed by atoms with van der Waals surface area (Å²) in [5, 5.41) is 0. The third-order valence-corrected chi connectivity index (χ3v) is 4.27. The van der Waals surface area contributed by atoms with Crippen LogP contribution in [0, 0.1) is 6.92 Å². The van der Waals surface area contributed by atoms with Crippen molar-refractivity contribution in [2.45, 2.75) is 11.8 Å². The number of rotatable bonds is 5. The number of hydrogen-bond acceptors (Lipinski definition) is 5. The molecule has 0 heterocycles. The van der Waals surface area contributed by atoms with Gasteiger partial charge in [-0.1, -0.05) is 24.3 Å². The summed E-state index contributed by atoms with van der Waals surface area (Å²) in [6, 6.07) is 12.6. The molecule has 0 bridgehead atoms. The largest absolute Gasteiger partial charge is 0.497 e. The molecule has 0 spiro atoms. The molecule has 0 amide bonds. The van der Waals surface area contributed by atoms with Crippen molar-refractivity contribution in [3.63, 3.8) is 0 Å². The maximum atomic E-state index is 12.1. The number of nitrogens with one attached hydrogen (secondary N) is 1. The molecule has 0 saturated heterocycles. The Balaban J connectivity index is 2.12. The predicted octanol–water partition coefficient (Wildman–Crippen LogP) is 2.05. The summed E-state index contributed by atoms with van der Waals surface area (Å²) in [6.07, 6.45) is 0. The normalized spacial score (nSPS) is 11.0. The fourth-order valence-corrected chi connectivity index (χ4v) is 2.83. The molecule has 0 aliphatic heterocycles. The zero-order chi connectivity index (χ0) is 16.2. The molecule has 0 aliphatic rings. The molecule has 7 heteroatoms. The lowest BCUT2D eigenvalue weighted by molar-refractivity contribution is 0.0407. The number of carbonyl (C=O) groups is 1. The van der Waals surface area contributed by atoms with Crippen LogP contribution in [-0.4, -0.2) is 21.5 Å². The zero-order valence-electron chi connectivity index (χ0n) is 12.1. The summed E-state index contributed by atoms with van der Waals surface area (Å²) in [5.41, 5.74) is 0.722. The standard InChI is InChI=1S/C15H15NO5S/c1-11-6-3-4-9-14(11)22(18,19)16-21-15(17)12-7-5-8-13(10-12)20-2/h3-10,16H,1-2H3. The quantitative estimate of drug-likeness (QED) is 0.852. The van der Waals surface area contributed by atoms with Gasteiger partial charge in [-0.15, -0.1) is 0 Å². The van der Waals surface area contributed by atoms with E-state index < -0.39 is 16.0 Å². The molecule has 0 unspecified atom stereocenters. The number of benzene rings is 2. The Hall–Kier alpha value is -2.38. The molecule has 2 rings (SSSR count). The third kappa shape index (κ3) is 3.63. The average molecular weight is 321 g/mol. The highest BCUT2D eigenvalue weighted by atomic mass is 32.2. The lowest BCUT2D eigenvalue weighted by Gasteiger charge is -2.09. The SMILES string of the molecule is COc1cccc(C(=O)ONS(=O)(=O)c2ccccc2C)c1. The van der Waals surface area contributed by atoms with Crippen molar-refractivity contribution in [3.05, 3.63) is 59.7 Å². The Morgan fingerprint density at radius 3 is 2.50 bits per heavy atom. The van der Waals surface area contributed by atoms with Gasteiger partial charge in [0, 0.05) is 0 Å². The van der Waals surface area contributed by atoms with Crippen LogP contribution in [0.3, 0.4) is 0 Å². The van der Waals surface area contributed by atoms with Crippen LogP contribution in [0.25, 0.3) is 0 Å². The third-order valence-electron chi connectivity index (χ3n) is 2.93. The lowest BCUT2D eigenvalue weighted by Crippen LogP contribution is -2.27. The van der Waals surface area contributed by atoms with Gasteiger partial charge in [-0.25, -0.2) is 13.2 Å². The second-order valence-corrected chi connectivity index (χ2v) is 6.09. The first kappa shape index (κ1) is 16.0. The fourth-order valence-electron chi connectivity index (χ4n) is 1.80. The van der Waals surface area contributed by atoms with Gasteiger partial charge in [0.25, 0.3) is 10.0 Å². The molecule has 1 N–H and O–H groups in total. The van der Waals surface area contributed by atoms with Crippen LogP contribution < -0.4 is 9.62 Å². The van der Waals surface area contributed by atoms with Crippen molar-refractivity contribution in [1.82, 2.24) is 4.89 Å². The van der Waals surface area contributed by atoms with E-state index >= 15 is 0 Å². The molecule has 0 radical (unpaired) electrons. The minimum absolute atomic E-state index is 0.0495. The number of aryl methyl sites for hydroxylation is 1. The fraction of sp³-hybridized carbons (Fsp3) is 0.133. The summed E-state index contributed by atoms with van der Waals surface area (Å²) in [6.45, 7) is 1.65. The number of sulfonamides is 1. The Morgan fingerprint density at radius 1 is 1.09 bits per heavy atom. The van der Waals surface area contributed by atoms with Crippen LogP contribution >= 0.6 is 0 Å². The predicted molar refractivity (Wildman–Crippen MR) is 79.9 cm³/mol. The Morgan fingerprint density at radius 2 is 1.82 bits per heavy atom. The number of carbonyl (C=O) groups excluding carboxylic acids is 1. The molecule has 0 aromatic heterocycles. The van der Waals surface area contributed by atoms with Gasteiger partial charge >= 0.3 is 5.97 Å². The lowest BCUT2D eigenvalue weighted by atomic mass is 10.2. The first-order valence-electron chi connectivity index (χ1n) is 6.37. The Labute approximate surface area is 128 Å². The van der Waals surface area contributed by atoms with Crippen molar-refractivity contribution in [2.24, 2.45) is 0 Å². The molecule has 116 valence electrons. The molecule has 22 heavy (non-hydrogen) atoms. The van der Waals surface area contributed by atoms with Crippen LogP contribution in [0.4, 0.5) is 0 Å². The molecule has 0 aliphatic carbocycles. The topological polar surface area (TPSA) is 81.7 Å². The molecule has 0 saturated carbocycles. The highest BCUT2D eigenvalue weighted by molar-refractivity contribution is 7.89. The summed E-state index contributed by atoms with van der Waals surface area (Å²) >= 11 is 0. The van der Waals surface area contributed by atoms with Gasteiger partial charge in [-0.3, -0.25) is 0 Å². The average Bonchev–Trinajstić information content (AvgIpc) is 2.53. The van der Waals surface area contributed by atoms with E-state index in [1.54, 1.807) is 37.3 Å². The van der Waals surface area contributed by atoms with Gasteiger partial charge in [-0.2, -0.15) is 0 Å². The second kappa shape index (κ2) is 6.59. The van der Waals surface area contributed by atoms with Gasteiger partial charge in [0.15, 0.2) is 0 Å². The maximum Gasteiger partial charge on any atom is 0.357 e. The first-order valence-corrected chi connectivity index (χ1v) is 7.85. The van der Waals surface area contributed by atoms with Gasteiger partial charge in [-0.05, 0) is 41.6 Å².